The molecular weight excluding hydrogens is 318 g/mol. The number of carbonyl (C=O) groups is 1. The van der Waals surface area contributed by atoms with Gasteiger partial charge in [-0.1, -0.05) is 18.2 Å². The van der Waals surface area contributed by atoms with Gasteiger partial charge in [-0.3, -0.25) is 9.69 Å². The lowest BCUT2D eigenvalue weighted by molar-refractivity contribution is -0.130. The molecule has 1 aromatic rings. The second-order valence-electron chi connectivity index (χ2n) is 7.20. The minimum Gasteiger partial charge on any atom is -0.390 e. The summed E-state index contributed by atoms with van der Waals surface area (Å²) in [6.07, 6.45) is 1.12. The Hall–Kier alpha value is -1.63. The number of hydrogen-bond donors (Lipinski definition) is 1. The quantitative estimate of drug-likeness (QED) is 0.853. The van der Waals surface area contributed by atoms with Gasteiger partial charge in [0.05, 0.1) is 25.4 Å². The third kappa shape index (κ3) is 3.52. The van der Waals surface area contributed by atoms with E-state index in [2.05, 4.69) is 34.1 Å². The zero-order chi connectivity index (χ0) is 17.2. The van der Waals surface area contributed by atoms with Crippen LogP contribution in [0, 0.1) is 0 Å². The van der Waals surface area contributed by atoms with E-state index in [9.17, 15) is 9.90 Å². The number of anilines is 1. The Kier molecular flexibility index (Phi) is 4.92. The number of para-hydroxylation sites is 1. The molecule has 2 saturated heterocycles. The van der Waals surface area contributed by atoms with Crippen molar-refractivity contribution in [3.8, 4) is 0 Å². The molecule has 0 spiro atoms. The zero-order valence-corrected chi connectivity index (χ0v) is 14.6. The first-order valence-corrected chi connectivity index (χ1v) is 9.33. The molecule has 1 aromatic carbocycles. The van der Waals surface area contributed by atoms with Gasteiger partial charge >= 0.3 is 0 Å². The number of aliphatic hydroxyl groups excluding tert-OH is 1. The molecule has 1 N–H and O–H groups in total. The Balaban J connectivity index is 1.30. The topological polar surface area (TPSA) is 56.2 Å². The Morgan fingerprint density at radius 1 is 1.16 bits per heavy atom. The van der Waals surface area contributed by atoms with Crippen LogP contribution in [0.3, 0.4) is 0 Å². The molecule has 4 rings (SSSR count). The molecule has 136 valence electrons. The molecule has 6 heteroatoms. The fourth-order valence-corrected chi connectivity index (χ4v) is 4.27. The van der Waals surface area contributed by atoms with E-state index in [0.717, 1.165) is 32.6 Å². The van der Waals surface area contributed by atoms with Gasteiger partial charge in [0.25, 0.3) is 0 Å². The third-order valence-corrected chi connectivity index (χ3v) is 5.71. The van der Waals surface area contributed by atoms with E-state index in [4.69, 9.17) is 4.74 Å². The molecule has 3 heterocycles. The molecule has 6 nitrogen and oxygen atoms in total. The molecule has 2 fully saturated rings. The number of amides is 1. The monoisotopic (exact) mass is 345 g/mol. The first-order valence-electron chi connectivity index (χ1n) is 9.33. The second-order valence-corrected chi connectivity index (χ2v) is 7.20. The SMILES string of the molecule is O=C(CCN1CCc2ccccc21)N1C[C@@H](O)[C@H](N2CCOCC2)C1. The highest BCUT2D eigenvalue weighted by Crippen LogP contribution is 2.27. The Morgan fingerprint density at radius 3 is 2.80 bits per heavy atom. The van der Waals surface area contributed by atoms with Crippen molar-refractivity contribution in [1.82, 2.24) is 9.80 Å². The maximum atomic E-state index is 12.6. The van der Waals surface area contributed by atoms with E-state index >= 15 is 0 Å². The number of β-amino-alcohol motifs (C(OH)–C–C–N with tert-alkyl or cyclic N) is 1. The van der Waals surface area contributed by atoms with E-state index in [1.807, 2.05) is 4.90 Å². The van der Waals surface area contributed by atoms with Crippen molar-refractivity contribution in [3.05, 3.63) is 29.8 Å². The summed E-state index contributed by atoms with van der Waals surface area (Å²) < 4.78 is 5.38. The van der Waals surface area contributed by atoms with Crippen LogP contribution >= 0.6 is 0 Å². The van der Waals surface area contributed by atoms with Crippen LogP contribution in [0.1, 0.15) is 12.0 Å². The fraction of sp³-hybridized carbons (Fsp3) is 0.632. The Labute approximate surface area is 149 Å². The van der Waals surface area contributed by atoms with Crippen LogP contribution in [0.5, 0.6) is 0 Å². The molecule has 0 aliphatic carbocycles. The summed E-state index contributed by atoms with van der Waals surface area (Å²) in [5.74, 6) is 0.152. The summed E-state index contributed by atoms with van der Waals surface area (Å²) >= 11 is 0. The number of rotatable bonds is 4. The predicted octanol–water partition coefficient (Wildman–Crippen LogP) is 0.343. The van der Waals surface area contributed by atoms with Gasteiger partial charge in [0, 0.05) is 51.4 Å². The number of ether oxygens (including phenoxy) is 1. The van der Waals surface area contributed by atoms with Crippen molar-refractivity contribution in [2.24, 2.45) is 0 Å². The molecule has 3 aliphatic rings. The highest BCUT2D eigenvalue weighted by atomic mass is 16.5. The number of nitrogens with zero attached hydrogens (tertiary/aromatic N) is 3. The summed E-state index contributed by atoms with van der Waals surface area (Å²) in [6, 6.07) is 8.50. The zero-order valence-electron chi connectivity index (χ0n) is 14.6. The van der Waals surface area contributed by atoms with Gasteiger partial charge in [-0.2, -0.15) is 0 Å². The first-order chi connectivity index (χ1) is 12.2. The maximum Gasteiger partial charge on any atom is 0.224 e. The van der Waals surface area contributed by atoms with E-state index in [0.29, 0.717) is 32.7 Å². The van der Waals surface area contributed by atoms with Gasteiger partial charge in [-0.25, -0.2) is 0 Å². The summed E-state index contributed by atoms with van der Waals surface area (Å²) in [5.41, 5.74) is 2.64. The molecular formula is C19H27N3O3. The summed E-state index contributed by atoms with van der Waals surface area (Å²) in [4.78, 5) is 19.0. The maximum absolute atomic E-state index is 12.6. The molecule has 2 atom stereocenters. The number of fused-ring (bicyclic) bond motifs is 1. The van der Waals surface area contributed by atoms with Gasteiger partial charge in [0.15, 0.2) is 0 Å². The normalized spacial score (nSPS) is 26.9. The van der Waals surface area contributed by atoms with Crippen molar-refractivity contribution in [2.75, 3.05) is 57.4 Å². The lowest BCUT2D eigenvalue weighted by Gasteiger charge is -2.33. The van der Waals surface area contributed by atoms with E-state index < -0.39 is 6.10 Å². The molecule has 0 bridgehead atoms. The number of carbonyl (C=O) groups excluding carboxylic acids is 1. The standard InChI is InChI=1S/C19H27N3O3/c23-18-14-22(13-17(18)21-9-11-25-12-10-21)19(24)6-8-20-7-5-15-3-1-2-4-16(15)20/h1-4,17-18,23H,5-14H2/t17-,18-/m1/s1. The predicted molar refractivity (Wildman–Crippen MR) is 95.7 cm³/mol. The number of likely N-dealkylation sites (tertiary alicyclic amines) is 1. The molecule has 25 heavy (non-hydrogen) atoms. The van der Waals surface area contributed by atoms with Gasteiger partial charge in [-0.15, -0.1) is 0 Å². The molecule has 0 radical (unpaired) electrons. The van der Waals surface area contributed by atoms with Crippen LogP contribution in [0.4, 0.5) is 5.69 Å². The van der Waals surface area contributed by atoms with Crippen molar-refractivity contribution in [3.63, 3.8) is 0 Å². The number of morpholine rings is 1. The van der Waals surface area contributed by atoms with Crippen molar-refractivity contribution >= 4 is 11.6 Å². The van der Waals surface area contributed by atoms with Crippen LogP contribution in [0.15, 0.2) is 24.3 Å². The number of aliphatic hydroxyl groups is 1. The van der Waals surface area contributed by atoms with Crippen LogP contribution in [-0.2, 0) is 16.0 Å². The van der Waals surface area contributed by atoms with Gasteiger partial charge in [-0.05, 0) is 18.1 Å². The van der Waals surface area contributed by atoms with Crippen LogP contribution < -0.4 is 4.90 Å². The molecule has 0 aromatic heterocycles. The smallest absolute Gasteiger partial charge is 0.224 e. The van der Waals surface area contributed by atoms with Gasteiger partial charge in [0.2, 0.25) is 5.91 Å². The average molecular weight is 345 g/mol. The molecule has 0 saturated carbocycles. The highest BCUT2D eigenvalue weighted by molar-refractivity contribution is 5.77. The molecule has 3 aliphatic heterocycles. The first kappa shape index (κ1) is 16.8. The molecule has 1 amide bonds. The van der Waals surface area contributed by atoms with E-state index in [1.54, 1.807) is 0 Å². The van der Waals surface area contributed by atoms with Crippen molar-refractivity contribution in [2.45, 2.75) is 25.0 Å². The van der Waals surface area contributed by atoms with Gasteiger partial charge < -0.3 is 19.6 Å². The average Bonchev–Trinajstić information content (AvgIpc) is 3.24. The van der Waals surface area contributed by atoms with Crippen molar-refractivity contribution in [1.29, 1.82) is 0 Å². The number of hydrogen-bond acceptors (Lipinski definition) is 5. The Morgan fingerprint density at radius 2 is 1.96 bits per heavy atom. The third-order valence-electron chi connectivity index (χ3n) is 5.71. The van der Waals surface area contributed by atoms with E-state index in [1.165, 1.54) is 11.3 Å². The summed E-state index contributed by atoms with van der Waals surface area (Å²) in [6.45, 7) is 5.95. The summed E-state index contributed by atoms with van der Waals surface area (Å²) in [5, 5.41) is 10.4. The van der Waals surface area contributed by atoms with E-state index in [-0.39, 0.29) is 11.9 Å². The minimum atomic E-state index is -0.449. The van der Waals surface area contributed by atoms with Crippen molar-refractivity contribution < 1.29 is 14.6 Å². The second kappa shape index (κ2) is 7.32. The lowest BCUT2D eigenvalue weighted by atomic mass is 10.1. The number of benzene rings is 1. The highest BCUT2D eigenvalue weighted by Gasteiger charge is 2.38. The molecule has 0 unspecified atom stereocenters. The minimum absolute atomic E-state index is 0.0559. The van der Waals surface area contributed by atoms with Crippen LogP contribution in [0.2, 0.25) is 0 Å². The van der Waals surface area contributed by atoms with Crippen LogP contribution in [0.25, 0.3) is 0 Å². The lowest BCUT2D eigenvalue weighted by Crippen LogP contribution is -2.49. The van der Waals surface area contributed by atoms with Gasteiger partial charge in [0.1, 0.15) is 0 Å². The largest absolute Gasteiger partial charge is 0.390 e. The summed E-state index contributed by atoms with van der Waals surface area (Å²) in [7, 11) is 0. The fourth-order valence-electron chi connectivity index (χ4n) is 4.27. The Bertz CT molecular complexity index is 618. The van der Waals surface area contributed by atoms with Crippen LogP contribution in [-0.4, -0.2) is 85.4 Å².